The van der Waals surface area contributed by atoms with E-state index in [-0.39, 0.29) is 32.6 Å². The maximum absolute atomic E-state index is 12.5. The zero-order chi connectivity index (χ0) is 38.2. The molecule has 0 spiro atoms. The smallest absolute Gasteiger partial charge is 0.462 e. The summed E-state index contributed by atoms with van der Waals surface area (Å²) in [6.07, 6.45) is 45.0. The van der Waals surface area contributed by atoms with E-state index in [1.165, 1.54) is 19.3 Å². The summed E-state index contributed by atoms with van der Waals surface area (Å²) in [4.78, 5) is 34.7. The van der Waals surface area contributed by atoms with E-state index in [1.807, 2.05) is 0 Å². The number of ether oxygens (including phenoxy) is 2. The van der Waals surface area contributed by atoms with Crippen molar-refractivity contribution in [1.29, 1.82) is 0 Å². The molecule has 0 aliphatic heterocycles. The second-order valence-electron chi connectivity index (χ2n) is 12.8. The molecule has 0 aromatic carbocycles. The number of esters is 2. The van der Waals surface area contributed by atoms with E-state index in [0.717, 1.165) is 89.9 Å². The fourth-order valence-corrected chi connectivity index (χ4v) is 5.65. The summed E-state index contributed by atoms with van der Waals surface area (Å²) in [5, 5.41) is 0. The zero-order valence-corrected chi connectivity index (χ0v) is 33.4. The Labute approximate surface area is 316 Å². The highest BCUT2D eigenvalue weighted by Crippen LogP contribution is 2.43. The monoisotopic (exact) mass is 749 g/mol. The van der Waals surface area contributed by atoms with E-state index in [2.05, 4.69) is 86.8 Å². The zero-order valence-electron chi connectivity index (χ0n) is 32.5. The number of rotatable bonds is 36. The topological polar surface area (TPSA) is 134 Å². The molecule has 0 radical (unpaired) electrons. The lowest BCUT2D eigenvalue weighted by Gasteiger charge is -2.19. The Morgan fingerprint density at radius 3 is 1.62 bits per heavy atom. The molecule has 1 unspecified atom stereocenters. The number of carbonyl (C=O) groups is 2. The molecular formula is C42H72NO8P. The molecule has 298 valence electrons. The van der Waals surface area contributed by atoms with Crippen LogP contribution in [0.2, 0.25) is 0 Å². The highest BCUT2D eigenvalue weighted by atomic mass is 31.2. The van der Waals surface area contributed by atoms with Crippen molar-refractivity contribution in [2.45, 2.75) is 155 Å². The number of unbranched alkanes of at least 4 members (excludes halogenated alkanes) is 11. The molecule has 0 aromatic rings. The molecule has 0 amide bonds. The van der Waals surface area contributed by atoms with Gasteiger partial charge >= 0.3 is 19.8 Å². The van der Waals surface area contributed by atoms with Gasteiger partial charge in [-0.15, -0.1) is 0 Å². The number of phosphoric ester groups is 1. The SMILES string of the molecule is CC/C=C/C/C=C/C/C=C/C/C=C/C/C=C/CCCCCC(=O)OC[C@@H](COP(=O)(O)OCCN)OC(=O)CCCCCCC/C=C/CCCCC. The van der Waals surface area contributed by atoms with Crippen LogP contribution in [0.3, 0.4) is 0 Å². The summed E-state index contributed by atoms with van der Waals surface area (Å²) in [6, 6.07) is 0. The second kappa shape index (κ2) is 38.2. The summed E-state index contributed by atoms with van der Waals surface area (Å²) < 4.78 is 32.6. The van der Waals surface area contributed by atoms with Gasteiger partial charge in [0.05, 0.1) is 13.2 Å². The Kier molecular flexibility index (Phi) is 36.3. The molecular weight excluding hydrogens is 677 g/mol. The fraction of sp³-hybridized carbons (Fsp3) is 0.667. The number of phosphoric acid groups is 1. The van der Waals surface area contributed by atoms with E-state index in [1.54, 1.807) is 0 Å². The van der Waals surface area contributed by atoms with Crippen LogP contribution in [0.5, 0.6) is 0 Å². The molecule has 0 bridgehead atoms. The van der Waals surface area contributed by atoms with Gasteiger partial charge in [-0.3, -0.25) is 18.6 Å². The van der Waals surface area contributed by atoms with Gasteiger partial charge in [0.1, 0.15) is 6.61 Å². The molecule has 0 aliphatic rings. The van der Waals surface area contributed by atoms with Crippen LogP contribution in [0.4, 0.5) is 0 Å². The minimum absolute atomic E-state index is 0.0437. The summed E-state index contributed by atoms with van der Waals surface area (Å²) in [5.41, 5.74) is 5.33. The van der Waals surface area contributed by atoms with Gasteiger partial charge in [-0.25, -0.2) is 4.57 Å². The lowest BCUT2D eigenvalue weighted by molar-refractivity contribution is -0.161. The lowest BCUT2D eigenvalue weighted by Crippen LogP contribution is -2.29. The van der Waals surface area contributed by atoms with Crippen molar-refractivity contribution in [3.63, 3.8) is 0 Å². The summed E-state index contributed by atoms with van der Waals surface area (Å²) in [6.45, 7) is 3.51. The maximum Gasteiger partial charge on any atom is 0.472 e. The molecule has 0 saturated carbocycles. The lowest BCUT2D eigenvalue weighted by atomic mass is 10.1. The minimum Gasteiger partial charge on any atom is -0.462 e. The molecule has 0 saturated heterocycles. The van der Waals surface area contributed by atoms with Gasteiger partial charge in [-0.05, 0) is 83.5 Å². The van der Waals surface area contributed by atoms with E-state index in [9.17, 15) is 19.0 Å². The Hall–Kier alpha value is -2.55. The average molecular weight is 750 g/mol. The van der Waals surface area contributed by atoms with Gasteiger partial charge in [0.25, 0.3) is 0 Å². The normalized spacial score (nSPS) is 14.2. The Morgan fingerprint density at radius 1 is 0.596 bits per heavy atom. The quantitative estimate of drug-likeness (QED) is 0.0278. The maximum atomic E-state index is 12.5. The van der Waals surface area contributed by atoms with Crippen LogP contribution in [-0.4, -0.2) is 49.3 Å². The molecule has 3 N–H and O–H groups in total. The summed E-state index contributed by atoms with van der Waals surface area (Å²) in [7, 11) is -4.39. The number of nitrogens with two attached hydrogens (primary N) is 1. The van der Waals surface area contributed by atoms with Crippen molar-refractivity contribution in [3.05, 3.63) is 72.9 Å². The Bertz CT molecular complexity index is 1080. The average Bonchev–Trinajstić information content (AvgIpc) is 3.13. The minimum atomic E-state index is -4.39. The standard InChI is InChI=1S/C42H72NO8P/c1-3-5-7-9-11-13-15-17-18-19-20-21-22-23-25-26-28-30-32-34-41(44)48-38-40(39-50-52(46,47)49-37-36-43)51-42(45)35-33-31-29-27-24-16-14-12-10-8-6-4-2/h5,7,11-14,17-18,20-21,23,25,40H,3-4,6,8-10,15-16,19,22,24,26-39,43H2,1-2H3,(H,46,47)/b7-5+,13-11+,14-12+,18-17+,21-20+,25-23+/t40-/m0/s1. The van der Waals surface area contributed by atoms with Crippen molar-refractivity contribution < 1.29 is 37.6 Å². The molecule has 52 heavy (non-hydrogen) atoms. The summed E-state index contributed by atoms with van der Waals surface area (Å²) >= 11 is 0. The first-order valence-corrected chi connectivity index (χ1v) is 21.4. The third-order valence-corrected chi connectivity index (χ3v) is 8.81. The van der Waals surface area contributed by atoms with Crippen molar-refractivity contribution in [1.82, 2.24) is 0 Å². The van der Waals surface area contributed by atoms with Crippen LogP contribution >= 0.6 is 7.82 Å². The van der Waals surface area contributed by atoms with E-state index < -0.39 is 32.5 Å². The highest BCUT2D eigenvalue weighted by Gasteiger charge is 2.25. The van der Waals surface area contributed by atoms with E-state index in [0.29, 0.717) is 12.8 Å². The van der Waals surface area contributed by atoms with Gasteiger partial charge in [-0.1, -0.05) is 125 Å². The van der Waals surface area contributed by atoms with Gasteiger partial charge in [0.2, 0.25) is 0 Å². The molecule has 0 rings (SSSR count). The van der Waals surface area contributed by atoms with Crippen LogP contribution in [0.15, 0.2) is 72.9 Å². The van der Waals surface area contributed by atoms with Crippen LogP contribution in [0, 0.1) is 0 Å². The van der Waals surface area contributed by atoms with E-state index in [4.69, 9.17) is 24.3 Å². The number of carbonyl (C=O) groups excluding carboxylic acids is 2. The largest absolute Gasteiger partial charge is 0.472 e. The number of hydrogen-bond acceptors (Lipinski definition) is 8. The molecule has 0 heterocycles. The van der Waals surface area contributed by atoms with Gasteiger partial charge in [-0.2, -0.15) is 0 Å². The predicted octanol–water partition coefficient (Wildman–Crippen LogP) is 11.1. The molecule has 0 fully saturated rings. The van der Waals surface area contributed by atoms with Crippen LogP contribution in [0.25, 0.3) is 0 Å². The molecule has 2 atom stereocenters. The van der Waals surface area contributed by atoms with Crippen LogP contribution in [0.1, 0.15) is 149 Å². The van der Waals surface area contributed by atoms with Crippen LogP contribution in [-0.2, 0) is 32.7 Å². The molecule has 0 aromatic heterocycles. The third kappa shape index (κ3) is 37.2. The van der Waals surface area contributed by atoms with Crippen molar-refractivity contribution in [2.75, 3.05) is 26.4 Å². The summed E-state index contributed by atoms with van der Waals surface area (Å²) in [5.74, 6) is -0.886. The van der Waals surface area contributed by atoms with Gasteiger partial charge in [0.15, 0.2) is 6.10 Å². The van der Waals surface area contributed by atoms with Crippen molar-refractivity contribution in [3.8, 4) is 0 Å². The number of hydrogen-bond donors (Lipinski definition) is 2. The highest BCUT2D eigenvalue weighted by molar-refractivity contribution is 7.47. The Balaban J connectivity index is 4.28. The van der Waals surface area contributed by atoms with E-state index >= 15 is 0 Å². The first kappa shape index (κ1) is 49.5. The molecule has 10 heteroatoms. The van der Waals surface area contributed by atoms with Crippen LogP contribution < -0.4 is 5.73 Å². The number of allylic oxidation sites excluding steroid dienone is 12. The van der Waals surface area contributed by atoms with Crippen molar-refractivity contribution in [2.24, 2.45) is 5.73 Å². The van der Waals surface area contributed by atoms with Gasteiger partial charge in [0, 0.05) is 19.4 Å². The predicted molar refractivity (Wildman–Crippen MR) is 215 cm³/mol. The van der Waals surface area contributed by atoms with Gasteiger partial charge < -0.3 is 20.1 Å². The molecule has 0 aliphatic carbocycles. The molecule has 9 nitrogen and oxygen atoms in total. The Morgan fingerprint density at radius 2 is 1.06 bits per heavy atom. The first-order valence-electron chi connectivity index (χ1n) is 19.9. The second-order valence-corrected chi connectivity index (χ2v) is 14.2. The first-order chi connectivity index (χ1) is 25.3. The third-order valence-electron chi connectivity index (χ3n) is 7.83. The fourth-order valence-electron chi connectivity index (χ4n) is 4.89. The van der Waals surface area contributed by atoms with Crippen molar-refractivity contribution >= 4 is 19.8 Å².